The van der Waals surface area contributed by atoms with Gasteiger partial charge in [0.15, 0.2) is 0 Å². The molecule has 1 saturated heterocycles. The minimum Gasteiger partial charge on any atom is -0.497 e. The molecule has 1 fully saturated rings. The maximum Gasteiger partial charge on any atom is 0.423 e. The zero-order valence-corrected chi connectivity index (χ0v) is 19.3. The number of ether oxygens (including phenoxy) is 5. The number of methoxy groups -OCH3 is 2. The average molecular weight is 512 g/mol. The van der Waals surface area contributed by atoms with E-state index in [0.717, 1.165) is 0 Å². The van der Waals surface area contributed by atoms with Crippen molar-refractivity contribution in [1.82, 2.24) is 9.13 Å². The summed E-state index contributed by atoms with van der Waals surface area (Å²) in [6.45, 7) is -0.295. The highest BCUT2D eigenvalue weighted by Crippen LogP contribution is 2.32. The normalized spacial score (nSPS) is 19.7. The van der Waals surface area contributed by atoms with Crippen molar-refractivity contribution in [3.05, 3.63) is 62.4 Å². The van der Waals surface area contributed by atoms with Gasteiger partial charge in [0.25, 0.3) is 11.5 Å². The van der Waals surface area contributed by atoms with Crippen molar-refractivity contribution >= 4 is 5.91 Å². The summed E-state index contributed by atoms with van der Waals surface area (Å²) in [7, 11) is 2.77. The molecule has 0 spiro atoms. The van der Waals surface area contributed by atoms with E-state index in [1.807, 2.05) is 0 Å². The summed E-state index contributed by atoms with van der Waals surface area (Å²) < 4.78 is 68.0. The summed E-state index contributed by atoms with van der Waals surface area (Å²) in [6.07, 6.45) is -2.58. The Bertz CT molecular complexity index is 1230. The predicted molar refractivity (Wildman–Crippen MR) is 118 cm³/mol. The molecule has 0 N–H and O–H groups in total. The van der Waals surface area contributed by atoms with Gasteiger partial charge in [0.05, 0.1) is 19.8 Å². The maximum atomic E-state index is 13.7. The van der Waals surface area contributed by atoms with Crippen LogP contribution < -0.4 is 16.0 Å². The Hall–Kier alpha value is -3.44. The number of nitrogens with zero attached hydrogens (tertiary/aromatic N) is 2. The van der Waals surface area contributed by atoms with Crippen LogP contribution in [-0.4, -0.2) is 61.5 Å². The topological polar surface area (TPSA) is 107 Å². The summed E-state index contributed by atoms with van der Waals surface area (Å²) in [5.41, 5.74) is -5.03. The number of aromatic nitrogens is 2. The molecule has 1 aromatic heterocycles. The lowest BCUT2D eigenvalue weighted by Crippen LogP contribution is -2.47. The van der Waals surface area contributed by atoms with E-state index in [2.05, 4.69) is 5.92 Å². The minimum absolute atomic E-state index is 0.0694. The zero-order valence-electron chi connectivity index (χ0n) is 19.3. The van der Waals surface area contributed by atoms with E-state index < -0.39 is 47.3 Å². The fraction of sp³-hybridized carbons (Fsp3) is 0.435. The van der Waals surface area contributed by atoms with E-state index >= 15 is 0 Å². The molecule has 2 aromatic rings. The van der Waals surface area contributed by atoms with Crippen LogP contribution in [0.1, 0.15) is 28.6 Å². The Morgan fingerprint density at radius 2 is 1.92 bits per heavy atom. The van der Waals surface area contributed by atoms with Gasteiger partial charge in [-0.05, 0) is 24.3 Å². The first-order valence-corrected chi connectivity index (χ1v) is 10.5. The summed E-state index contributed by atoms with van der Waals surface area (Å²) in [6, 6.07) is 5.16. The van der Waals surface area contributed by atoms with E-state index in [0.29, 0.717) is 16.5 Å². The number of rotatable bonds is 9. The number of hydrogen-bond donors (Lipinski definition) is 0. The predicted octanol–water partition coefficient (Wildman–Crippen LogP) is 1.65. The van der Waals surface area contributed by atoms with Crippen LogP contribution in [0.15, 0.2) is 40.1 Å². The summed E-state index contributed by atoms with van der Waals surface area (Å²) in [5, 5.41) is 0. The van der Waals surface area contributed by atoms with Crippen LogP contribution in [0.2, 0.25) is 0 Å². The highest BCUT2D eigenvalue weighted by atomic mass is 19.4. The molecule has 0 amide bonds. The monoisotopic (exact) mass is 512 g/mol. The van der Waals surface area contributed by atoms with Gasteiger partial charge >= 0.3 is 11.9 Å². The fourth-order valence-electron chi connectivity index (χ4n) is 3.61. The van der Waals surface area contributed by atoms with Crippen molar-refractivity contribution in [3.63, 3.8) is 0 Å². The van der Waals surface area contributed by atoms with Crippen molar-refractivity contribution in [1.29, 1.82) is 0 Å². The van der Waals surface area contributed by atoms with Crippen LogP contribution in [0.25, 0.3) is 0 Å². The molecule has 0 bridgehead atoms. The third-order valence-electron chi connectivity index (χ3n) is 5.31. The van der Waals surface area contributed by atoms with Crippen molar-refractivity contribution in [2.75, 3.05) is 34.2 Å². The van der Waals surface area contributed by atoms with Crippen molar-refractivity contribution in [2.45, 2.75) is 31.0 Å². The van der Waals surface area contributed by atoms with E-state index in [1.54, 1.807) is 0 Å². The molecule has 1 aliphatic rings. The van der Waals surface area contributed by atoms with Gasteiger partial charge in [-0.15, -0.1) is 6.42 Å². The van der Waals surface area contributed by atoms with E-state index in [9.17, 15) is 27.6 Å². The molecule has 2 heterocycles. The van der Waals surface area contributed by atoms with Gasteiger partial charge in [-0.3, -0.25) is 14.2 Å². The summed E-state index contributed by atoms with van der Waals surface area (Å²) in [5.74, 6) is 1.39. The molecule has 36 heavy (non-hydrogen) atoms. The first-order valence-electron chi connectivity index (χ1n) is 10.5. The summed E-state index contributed by atoms with van der Waals surface area (Å²) >= 11 is 0. The molecule has 0 unspecified atom stereocenters. The number of carbonyl (C=O) groups excluding carboxylic acids is 1. The van der Waals surface area contributed by atoms with Crippen molar-refractivity contribution in [2.24, 2.45) is 0 Å². The third kappa shape index (κ3) is 5.85. The van der Waals surface area contributed by atoms with Crippen LogP contribution in [0.3, 0.4) is 0 Å². The largest absolute Gasteiger partial charge is 0.497 e. The second-order valence-electron chi connectivity index (χ2n) is 7.60. The van der Waals surface area contributed by atoms with Crippen LogP contribution in [-0.2, 0) is 25.1 Å². The molecule has 0 radical (unpaired) electrons. The molecule has 0 aliphatic carbocycles. The second kappa shape index (κ2) is 11.5. The molecule has 1 aliphatic heterocycles. The highest BCUT2D eigenvalue weighted by molar-refractivity contribution is 5.95. The molecule has 3 atom stereocenters. The number of carbonyl (C=O) groups is 1. The Kier molecular flexibility index (Phi) is 8.70. The van der Waals surface area contributed by atoms with Crippen LogP contribution >= 0.6 is 0 Å². The first-order chi connectivity index (χ1) is 17.1. The van der Waals surface area contributed by atoms with E-state index in [-0.39, 0.29) is 36.6 Å². The van der Waals surface area contributed by atoms with E-state index in [1.165, 1.54) is 38.5 Å². The number of hydrogen-bond acceptors (Lipinski definition) is 8. The Morgan fingerprint density at radius 1 is 1.22 bits per heavy atom. The molecule has 10 nitrogen and oxygen atoms in total. The van der Waals surface area contributed by atoms with Gasteiger partial charge in [0, 0.05) is 25.3 Å². The average Bonchev–Trinajstić information content (AvgIpc) is 3.24. The van der Waals surface area contributed by atoms with Crippen LogP contribution in [0.5, 0.6) is 5.75 Å². The lowest BCUT2D eigenvalue weighted by molar-refractivity contribution is -0.140. The smallest absolute Gasteiger partial charge is 0.423 e. The van der Waals surface area contributed by atoms with Gasteiger partial charge in [-0.1, -0.05) is 5.92 Å². The second-order valence-corrected chi connectivity index (χ2v) is 7.60. The Labute approximate surface area is 203 Å². The number of terminal acetylenes is 1. The van der Waals surface area contributed by atoms with Crippen LogP contribution in [0, 0.1) is 12.3 Å². The molecular weight excluding hydrogens is 489 g/mol. The highest BCUT2D eigenvalue weighted by Gasteiger charge is 2.41. The van der Waals surface area contributed by atoms with Crippen LogP contribution in [0.4, 0.5) is 13.2 Å². The lowest BCUT2D eigenvalue weighted by Gasteiger charge is -2.19. The summed E-state index contributed by atoms with van der Waals surface area (Å²) in [4.78, 5) is 38.8. The van der Waals surface area contributed by atoms with Gasteiger partial charge < -0.3 is 23.7 Å². The number of halogens is 3. The number of benzene rings is 1. The van der Waals surface area contributed by atoms with Crippen molar-refractivity contribution in [3.8, 4) is 18.1 Å². The number of alkyl halides is 3. The standard InChI is InChI=1S/C23H23F3N2O8/c1-4-9-35-17-10-19(36-18(17)12-34-13-32-2)27-11-16(23(24,25)26)21(30)28(22(27)31)20(29)14-5-7-15(33-3)8-6-14/h1,5-8,11,17-19H,9-10,12-13H2,2-3H3/t17-,18+,19+/m0/s1. The third-order valence-corrected chi connectivity index (χ3v) is 5.31. The SMILES string of the molecule is C#CCO[C@H]1C[C@H](n2cc(C(F)(F)F)c(=O)n(C(=O)c3ccc(OC)cc3)c2=O)O[C@@H]1COCOC. The Balaban J connectivity index is 2.07. The van der Waals surface area contributed by atoms with Crippen molar-refractivity contribution < 1.29 is 41.7 Å². The maximum absolute atomic E-state index is 13.7. The lowest BCUT2D eigenvalue weighted by atomic mass is 10.2. The fourth-order valence-corrected chi connectivity index (χ4v) is 3.61. The van der Waals surface area contributed by atoms with E-state index in [4.69, 9.17) is 30.1 Å². The molecular formula is C23H23F3N2O8. The van der Waals surface area contributed by atoms with Gasteiger partial charge in [0.1, 0.15) is 37.0 Å². The minimum atomic E-state index is -5.16. The molecule has 13 heteroatoms. The molecule has 1 aromatic carbocycles. The molecule has 3 rings (SSSR count). The zero-order chi connectivity index (χ0) is 26.5. The molecule has 0 saturated carbocycles. The van der Waals surface area contributed by atoms with Gasteiger partial charge in [0.2, 0.25) is 0 Å². The van der Waals surface area contributed by atoms with Gasteiger partial charge in [-0.25, -0.2) is 4.79 Å². The first kappa shape index (κ1) is 27.2. The molecule has 194 valence electrons. The Morgan fingerprint density at radius 3 is 2.50 bits per heavy atom. The van der Waals surface area contributed by atoms with Gasteiger partial charge in [-0.2, -0.15) is 17.7 Å². The quantitative estimate of drug-likeness (QED) is 0.284.